The second-order valence-electron chi connectivity index (χ2n) is 5.53. The molecule has 2 fully saturated rings. The minimum absolute atomic E-state index is 0.00685. The van der Waals surface area contributed by atoms with E-state index in [2.05, 4.69) is 4.98 Å². The van der Waals surface area contributed by atoms with Crippen LogP contribution in [0.5, 0.6) is 0 Å². The Hall–Kier alpha value is -1.39. The van der Waals surface area contributed by atoms with Crippen molar-refractivity contribution in [2.75, 3.05) is 0 Å². The maximum absolute atomic E-state index is 12.8. The van der Waals surface area contributed by atoms with Crippen molar-refractivity contribution < 1.29 is 4.74 Å². The van der Waals surface area contributed by atoms with Crippen LogP contribution < -0.4 is 5.56 Å². The predicted molar refractivity (Wildman–Crippen MR) is 77.1 cm³/mol. The SMILES string of the molecule is O=c1c2ccccc2nc(CCl)n1C1CC2CCC1O2. The zero-order chi connectivity index (χ0) is 13.7. The molecule has 2 bridgehead atoms. The summed E-state index contributed by atoms with van der Waals surface area (Å²) in [6.45, 7) is 0. The smallest absolute Gasteiger partial charge is 0.261 e. The third-order valence-electron chi connectivity index (χ3n) is 4.41. The van der Waals surface area contributed by atoms with Gasteiger partial charge in [-0.15, -0.1) is 11.6 Å². The number of benzene rings is 1. The molecule has 0 aliphatic carbocycles. The van der Waals surface area contributed by atoms with Gasteiger partial charge in [0.1, 0.15) is 5.82 Å². The van der Waals surface area contributed by atoms with E-state index in [0.29, 0.717) is 22.8 Å². The number of nitrogens with zero attached hydrogens (tertiary/aromatic N) is 2. The summed E-state index contributed by atoms with van der Waals surface area (Å²) in [7, 11) is 0. The molecular weight excluding hydrogens is 276 g/mol. The first-order valence-electron chi connectivity index (χ1n) is 6.99. The fourth-order valence-corrected chi connectivity index (χ4v) is 3.70. The standard InChI is InChI=1S/C15H15ClN2O2/c16-8-14-17-11-4-2-1-3-10(11)15(19)18(14)12-7-9-5-6-13(12)20-9/h1-4,9,12-13H,5-8H2. The van der Waals surface area contributed by atoms with E-state index >= 15 is 0 Å². The number of fused-ring (bicyclic) bond motifs is 3. The average molecular weight is 291 g/mol. The van der Waals surface area contributed by atoms with Gasteiger partial charge in [0, 0.05) is 0 Å². The number of ether oxygens (including phenoxy) is 1. The summed E-state index contributed by atoms with van der Waals surface area (Å²) in [5, 5.41) is 0.657. The number of rotatable bonds is 2. The predicted octanol–water partition coefficient (Wildman–Crippen LogP) is 2.63. The Bertz CT molecular complexity index is 727. The molecular formula is C15H15ClN2O2. The van der Waals surface area contributed by atoms with Gasteiger partial charge in [0.15, 0.2) is 0 Å². The molecule has 4 rings (SSSR count). The van der Waals surface area contributed by atoms with Gasteiger partial charge < -0.3 is 4.74 Å². The summed E-state index contributed by atoms with van der Waals surface area (Å²) in [5.41, 5.74) is 0.723. The Balaban J connectivity index is 1.93. The molecule has 104 valence electrons. The highest BCUT2D eigenvalue weighted by Crippen LogP contribution is 2.41. The van der Waals surface area contributed by atoms with Crippen LogP contribution in [0.2, 0.25) is 0 Å². The third kappa shape index (κ3) is 1.71. The van der Waals surface area contributed by atoms with E-state index in [1.807, 2.05) is 24.3 Å². The van der Waals surface area contributed by atoms with Gasteiger partial charge in [-0.1, -0.05) is 12.1 Å². The van der Waals surface area contributed by atoms with E-state index in [-0.39, 0.29) is 23.6 Å². The highest BCUT2D eigenvalue weighted by atomic mass is 35.5. The molecule has 3 atom stereocenters. The Morgan fingerprint density at radius 1 is 1.35 bits per heavy atom. The molecule has 4 nitrogen and oxygen atoms in total. The van der Waals surface area contributed by atoms with E-state index in [1.54, 1.807) is 4.57 Å². The van der Waals surface area contributed by atoms with Crippen LogP contribution in [0.3, 0.4) is 0 Å². The average Bonchev–Trinajstić information content (AvgIpc) is 3.09. The zero-order valence-corrected chi connectivity index (χ0v) is 11.7. The van der Waals surface area contributed by atoms with Crippen molar-refractivity contribution in [3.63, 3.8) is 0 Å². The summed E-state index contributed by atoms with van der Waals surface area (Å²) < 4.78 is 7.65. The molecule has 0 N–H and O–H groups in total. The van der Waals surface area contributed by atoms with Crippen LogP contribution in [0.15, 0.2) is 29.1 Å². The van der Waals surface area contributed by atoms with Crippen LogP contribution in [0, 0.1) is 0 Å². The fourth-order valence-electron chi connectivity index (χ4n) is 3.51. The van der Waals surface area contributed by atoms with E-state index < -0.39 is 0 Å². The summed E-state index contributed by atoms with van der Waals surface area (Å²) in [4.78, 5) is 17.3. The Morgan fingerprint density at radius 3 is 2.90 bits per heavy atom. The Kier molecular flexibility index (Phi) is 2.82. The van der Waals surface area contributed by atoms with Crippen LogP contribution in [0.4, 0.5) is 0 Å². The fraction of sp³-hybridized carbons (Fsp3) is 0.467. The first-order chi connectivity index (χ1) is 9.78. The van der Waals surface area contributed by atoms with Gasteiger partial charge in [-0.05, 0) is 31.4 Å². The minimum atomic E-state index is 0.00685. The van der Waals surface area contributed by atoms with Gasteiger partial charge in [0.2, 0.25) is 0 Å². The van der Waals surface area contributed by atoms with Crippen molar-refractivity contribution in [2.24, 2.45) is 0 Å². The van der Waals surface area contributed by atoms with Crippen molar-refractivity contribution in [3.05, 3.63) is 40.4 Å². The normalized spacial score (nSPS) is 28.4. The van der Waals surface area contributed by atoms with Gasteiger partial charge in [0.05, 0.1) is 35.0 Å². The monoisotopic (exact) mass is 290 g/mol. The van der Waals surface area contributed by atoms with Crippen LogP contribution in [-0.4, -0.2) is 21.8 Å². The van der Waals surface area contributed by atoms with Crippen LogP contribution in [0.1, 0.15) is 31.1 Å². The molecule has 20 heavy (non-hydrogen) atoms. The van der Waals surface area contributed by atoms with Gasteiger partial charge in [-0.25, -0.2) is 4.98 Å². The van der Waals surface area contributed by atoms with E-state index in [9.17, 15) is 4.79 Å². The molecule has 0 spiro atoms. The lowest BCUT2D eigenvalue weighted by molar-refractivity contribution is 0.0930. The highest BCUT2D eigenvalue weighted by Gasteiger charge is 2.43. The highest BCUT2D eigenvalue weighted by molar-refractivity contribution is 6.16. The first-order valence-corrected chi connectivity index (χ1v) is 7.53. The third-order valence-corrected chi connectivity index (χ3v) is 4.65. The topological polar surface area (TPSA) is 44.1 Å². The molecule has 2 saturated heterocycles. The molecule has 3 unspecified atom stereocenters. The van der Waals surface area contributed by atoms with E-state index in [1.165, 1.54) is 0 Å². The number of alkyl halides is 1. The van der Waals surface area contributed by atoms with Crippen molar-refractivity contribution in [2.45, 2.75) is 43.4 Å². The number of halogens is 1. The summed E-state index contributed by atoms with van der Waals surface area (Å²) in [6, 6.07) is 7.53. The molecule has 1 aromatic carbocycles. The number of hydrogen-bond acceptors (Lipinski definition) is 3. The van der Waals surface area contributed by atoms with Gasteiger partial charge >= 0.3 is 0 Å². The van der Waals surface area contributed by atoms with Crippen molar-refractivity contribution >= 4 is 22.5 Å². The van der Waals surface area contributed by atoms with Crippen molar-refractivity contribution in [3.8, 4) is 0 Å². The van der Waals surface area contributed by atoms with Crippen molar-refractivity contribution in [1.29, 1.82) is 0 Å². The number of aromatic nitrogens is 2. The Labute approximate surface area is 121 Å². The first kappa shape index (κ1) is 12.4. The molecule has 5 heteroatoms. The molecule has 0 amide bonds. The van der Waals surface area contributed by atoms with Crippen LogP contribution >= 0.6 is 11.6 Å². The minimum Gasteiger partial charge on any atom is -0.373 e. The van der Waals surface area contributed by atoms with E-state index in [0.717, 1.165) is 19.3 Å². The maximum atomic E-state index is 12.8. The molecule has 2 aliphatic rings. The van der Waals surface area contributed by atoms with Gasteiger partial charge in [-0.2, -0.15) is 0 Å². The molecule has 2 aliphatic heterocycles. The summed E-state index contributed by atoms with van der Waals surface area (Å²) in [6.07, 6.45) is 3.46. The zero-order valence-electron chi connectivity index (χ0n) is 11.0. The maximum Gasteiger partial charge on any atom is 0.261 e. The molecule has 2 aromatic rings. The molecule has 0 radical (unpaired) electrons. The largest absolute Gasteiger partial charge is 0.373 e. The van der Waals surface area contributed by atoms with Crippen molar-refractivity contribution in [1.82, 2.24) is 9.55 Å². The second kappa shape index (κ2) is 4.57. The molecule has 3 heterocycles. The number of hydrogen-bond donors (Lipinski definition) is 0. The van der Waals surface area contributed by atoms with Crippen LogP contribution in [0.25, 0.3) is 10.9 Å². The summed E-state index contributed by atoms with van der Waals surface area (Å²) >= 11 is 6.02. The molecule has 0 saturated carbocycles. The lowest BCUT2D eigenvalue weighted by Gasteiger charge is -2.23. The lowest BCUT2D eigenvalue weighted by Crippen LogP contribution is -2.33. The lowest BCUT2D eigenvalue weighted by atomic mass is 9.95. The molecule has 1 aromatic heterocycles. The Morgan fingerprint density at radius 2 is 2.20 bits per heavy atom. The summed E-state index contributed by atoms with van der Waals surface area (Å²) in [5.74, 6) is 0.894. The number of para-hydroxylation sites is 1. The van der Waals surface area contributed by atoms with Gasteiger partial charge in [0.25, 0.3) is 5.56 Å². The van der Waals surface area contributed by atoms with Crippen LogP contribution in [-0.2, 0) is 10.6 Å². The quantitative estimate of drug-likeness (QED) is 0.799. The van der Waals surface area contributed by atoms with E-state index in [4.69, 9.17) is 16.3 Å². The van der Waals surface area contributed by atoms with Gasteiger partial charge in [-0.3, -0.25) is 9.36 Å². The second-order valence-corrected chi connectivity index (χ2v) is 5.80.